The monoisotopic (exact) mass is 429 g/mol. The standard InChI is InChI=1S/C22H27N3O4S/c1-3-15(2)19-6-4-5-7-20(19)25-14-17(12-21(25)26)22(27)24-13-16-8-10-18(11-9-16)30(23,28)29/h4-11,15,17H,3,12-14H2,1-2H3,(H,24,27)(H2,23,28,29)/t15-,17-/m1/s1. The van der Waals surface area contributed by atoms with Crippen molar-refractivity contribution >= 4 is 27.5 Å². The largest absolute Gasteiger partial charge is 0.352 e. The summed E-state index contributed by atoms with van der Waals surface area (Å²) < 4.78 is 22.6. The lowest BCUT2D eigenvalue weighted by Crippen LogP contribution is -2.33. The Labute approximate surface area is 177 Å². The summed E-state index contributed by atoms with van der Waals surface area (Å²) >= 11 is 0. The van der Waals surface area contributed by atoms with Gasteiger partial charge in [-0.15, -0.1) is 0 Å². The van der Waals surface area contributed by atoms with E-state index in [2.05, 4.69) is 19.2 Å². The van der Waals surface area contributed by atoms with Crippen molar-refractivity contribution in [3.05, 3.63) is 59.7 Å². The van der Waals surface area contributed by atoms with Crippen molar-refractivity contribution in [1.82, 2.24) is 5.32 Å². The summed E-state index contributed by atoms with van der Waals surface area (Å²) in [6.45, 7) is 4.84. The SMILES string of the molecule is CC[C@@H](C)c1ccccc1N1C[C@H](C(=O)NCc2ccc(S(N)(=O)=O)cc2)CC1=O. The maximum Gasteiger partial charge on any atom is 0.238 e. The molecule has 1 fully saturated rings. The molecule has 160 valence electrons. The van der Waals surface area contributed by atoms with Gasteiger partial charge in [0, 0.05) is 25.2 Å². The van der Waals surface area contributed by atoms with Gasteiger partial charge >= 0.3 is 0 Å². The molecular formula is C22H27N3O4S. The Morgan fingerprint density at radius 3 is 2.50 bits per heavy atom. The summed E-state index contributed by atoms with van der Waals surface area (Å²) in [4.78, 5) is 27.0. The highest BCUT2D eigenvalue weighted by molar-refractivity contribution is 7.89. The van der Waals surface area contributed by atoms with E-state index in [4.69, 9.17) is 5.14 Å². The van der Waals surface area contributed by atoms with Crippen molar-refractivity contribution in [1.29, 1.82) is 0 Å². The third-order valence-electron chi connectivity index (χ3n) is 5.59. The van der Waals surface area contributed by atoms with Crippen molar-refractivity contribution in [2.45, 2.75) is 44.0 Å². The molecule has 2 aromatic rings. The predicted molar refractivity (Wildman–Crippen MR) is 115 cm³/mol. The van der Waals surface area contributed by atoms with Crippen LogP contribution in [0.5, 0.6) is 0 Å². The molecule has 2 aromatic carbocycles. The fourth-order valence-corrected chi connectivity index (χ4v) is 4.13. The number of anilines is 1. The predicted octanol–water partition coefficient (Wildman–Crippen LogP) is 2.52. The number of benzene rings is 2. The Kier molecular flexibility index (Phi) is 6.58. The normalized spacial score (nSPS) is 17.8. The van der Waals surface area contributed by atoms with E-state index in [0.29, 0.717) is 12.5 Å². The molecule has 7 nitrogen and oxygen atoms in total. The number of hydrogen-bond donors (Lipinski definition) is 2. The average Bonchev–Trinajstić information content (AvgIpc) is 3.12. The molecule has 0 saturated carbocycles. The van der Waals surface area contributed by atoms with E-state index in [1.807, 2.05) is 24.3 Å². The number of nitrogens with one attached hydrogen (secondary N) is 1. The number of nitrogens with two attached hydrogens (primary N) is 1. The van der Waals surface area contributed by atoms with Gasteiger partial charge in [-0.1, -0.05) is 44.2 Å². The molecule has 8 heteroatoms. The van der Waals surface area contributed by atoms with Gasteiger partial charge < -0.3 is 10.2 Å². The molecule has 0 radical (unpaired) electrons. The summed E-state index contributed by atoms with van der Waals surface area (Å²) in [6.07, 6.45) is 1.14. The minimum atomic E-state index is -3.74. The molecule has 1 saturated heterocycles. The molecule has 0 aromatic heterocycles. The Morgan fingerprint density at radius 2 is 1.87 bits per heavy atom. The Morgan fingerprint density at radius 1 is 1.20 bits per heavy atom. The highest BCUT2D eigenvalue weighted by Crippen LogP contribution is 2.33. The maximum absolute atomic E-state index is 12.6. The highest BCUT2D eigenvalue weighted by atomic mass is 32.2. The summed E-state index contributed by atoms with van der Waals surface area (Å²) in [5, 5.41) is 7.93. The number of nitrogens with zero attached hydrogens (tertiary/aromatic N) is 1. The molecule has 3 N–H and O–H groups in total. The first-order chi connectivity index (χ1) is 14.2. The summed E-state index contributed by atoms with van der Waals surface area (Å²) in [5.41, 5.74) is 2.74. The molecule has 0 aliphatic carbocycles. The van der Waals surface area contributed by atoms with E-state index in [-0.39, 0.29) is 29.7 Å². The zero-order valence-corrected chi connectivity index (χ0v) is 18.0. The van der Waals surface area contributed by atoms with E-state index in [9.17, 15) is 18.0 Å². The Hall–Kier alpha value is -2.71. The van der Waals surface area contributed by atoms with Crippen molar-refractivity contribution in [2.24, 2.45) is 11.1 Å². The van der Waals surface area contributed by atoms with Crippen molar-refractivity contribution < 1.29 is 18.0 Å². The molecule has 1 aliphatic rings. The van der Waals surface area contributed by atoms with Crippen LogP contribution in [0, 0.1) is 5.92 Å². The quantitative estimate of drug-likeness (QED) is 0.705. The Balaban J connectivity index is 1.65. The van der Waals surface area contributed by atoms with Crippen LogP contribution < -0.4 is 15.4 Å². The van der Waals surface area contributed by atoms with E-state index >= 15 is 0 Å². The van der Waals surface area contributed by atoms with Crippen LogP contribution in [-0.2, 0) is 26.2 Å². The second-order valence-electron chi connectivity index (χ2n) is 7.68. The third kappa shape index (κ3) is 4.88. The summed E-state index contributed by atoms with van der Waals surface area (Å²) in [7, 11) is -3.74. The second-order valence-corrected chi connectivity index (χ2v) is 9.24. The number of rotatable bonds is 7. The van der Waals surface area contributed by atoms with Crippen molar-refractivity contribution in [3.63, 3.8) is 0 Å². The number of para-hydroxylation sites is 1. The van der Waals surface area contributed by atoms with Crippen LogP contribution in [0.25, 0.3) is 0 Å². The summed E-state index contributed by atoms with van der Waals surface area (Å²) in [5.74, 6) is -0.348. The van der Waals surface area contributed by atoms with E-state index in [0.717, 1.165) is 23.2 Å². The highest BCUT2D eigenvalue weighted by Gasteiger charge is 2.36. The number of carbonyl (C=O) groups is 2. The number of hydrogen-bond acceptors (Lipinski definition) is 4. The zero-order valence-electron chi connectivity index (χ0n) is 17.2. The van der Waals surface area contributed by atoms with E-state index in [1.165, 1.54) is 12.1 Å². The smallest absolute Gasteiger partial charge is 0.238 e. The molecule has 0 spiro atoms. The lowest BCUT2D eigenvalue weighted by Gasteiger charge is -2.23. The van der Waals surface area contributed by atoms with E-state index < -0.39 is 15.9 Å². The number of sulfonamides is 1. The molecule has 2 amide bonds. The van der Waals surface area contributed by atoms with Crippen LogP contribution in [0.4, 0.5) is 5.69 Å². The molecule has 2 atom stereocenters. The minimum Gasteiger partial charge on any atom is -0.352 e. The molecule has 1 aliphatic heterocycles. The molecule has 3 rings (SSSR count). The van der Waals surface area contributed by atoms with Gasteiger partial charge in [0.05, 0.1) is 10.8 Å². The number of primary sulfonamides is 1. The van der Waals surface area contributed by atoms with Gasteiger partial charge in [0.1, 0.15) is 0 Å². The van der Waals surface area contributed by atoms with Gasteiger partial charge in [0.2, 0.25) is 21.8 Å². The third-order valence-corrected chi connectivity index (χ3v) is 6.51. The van der Waals surface area contributed by atoms with Crippen LogP contribution in [-0.4, -0.2) is 26.8 Å². The fourth-order valence-electron chi connectivity index (χ4n) is 3.62. The minimum absolute atomic E-state index is 0.0228. The van der Waals surface area contributed by atoms with Crippen LogP contribution in [0.2, 0.25) is 0 Å². The molecule has 0 bridgehead atoms. The van der Waals surface area contributed by atoms with Crippen molar-refractivity contribution in [3.8, 4) is 0 Å². The lowest BCUT2D eigenvalue weighted by atomic mass is 9.96. The molecule has 30 heavy (non-hydrogen) atoms. The molecule has 0 unspecified atom stereocenters. The first kappa shape index (κ1) is 22.0. The lowest BCUT2D eigenvalue weighted by molar-refractivity contribution is -0.126. The van der Waals surface area contributed by atoms with Gasteiger partial charge in [-0.2, -0.15) is 0 Å². The van der Waals surface area contributed by atoms with Gasteiger partial charge in [-0.05, 0) is 41.7 Å². The van der Waals surface area contributed by atoms with E-state index in [1.54, 1.807) is 17.0 Å². The number of amides is 2. The number of carbonyl (C=O) groups excluding carboxylic acids is 2. The van der Waals surface area contributed by atoms with Crippen molar-refractivity contribution in [2.75, 3.05) is 11.4 Å². The van der Waals surface area contributed by atoms with Gasteiger partial charge in [0.25, 0.3) is 0 Å². The van der Waals surface area contributed by atoms with Crippen LogP contribution in [0.3, 0.4) is 0 Å². The van der Waals surface area contributed by atoms with Gasteiger partial charge in [-0.3, -0.25) is 9.59 Å². The second kappa shape index (κ2) is 8.97. The van der Waals surface area contributed by atoms with Crippen LogP contribution >= 0.6 is 0 Å². The van der Waals surface area contributed by atoms with Crippen LogP contribution in [0.1, 0.15) is 43.7 Å². The van der Waals surface area contributed by atoms with Gasteiger partial charge in [-0.25, -0.2) is 13.6 Å². The fraction of sp³-hybridized carbons (Fsp3) is 0.364. The first-order valence-corrected chi connectivity index (χ1v) is 11.5. The average molecular weight is 430 g/mol. The zero-order chi connectivity index (χ0) is 21.9. The topological polar surface area (TPSA) is 110 Å². The summed E-state index contributed by atoms with van der Waals surface area (Å²) in [6, 6.07) is 13.9. The first-order valence-electron chi connectivity index (χ1n) is 9.99. The maximum atomic E-state index is 12.6. The molecular weight excluding hydrogens is 402 g/mol. The van der Waals surface area contributed by atoms with Crippen LogP contribution in [0.15, 0.2) is 53.4 Å². The molecule has 1 heterocycles. The Bertz CT molecular complexity index is 1030. The van der Waals surface area contributed by atoms with Gasteiger partial charge in [0.15, 0.2) is 0 Å².